The van der Waals surface area contributed by atoms with Gasteiger partial charge in [-0.2, -0.15) is 0 Å². The topological polar surface area (TPSA) is 94.8 Å². The van der Waals surface area contributed by atoms with Crippen LogP contribution in [-0.2, 0) is 26.1 Å². The van der Waals surface area contributed by atoms with E-state index in [-0.39, 0.29) is 0 Å². The van der Waals surface area contributed by atoms with Crippen LogP contribution >= 0.6 is 0 Å². The summed E-state index contributed by atoms with van der Waals surface area (Å²) < 4.78 is 18.3. The van der Waals surface area contributed by atoms with Crippen molar-refractivity contribution >= 4 is 5.96 Å². The first-order valence-corrected chi connectivity index (χ1v) is 8.84. The van der Waals surface area contributed by atoms with E-state index in [2.05, 4.69) is 30.4 Å². The summed E-state index contributed by atoms with van der Waals surface area (Å²) >= 11 is 0. The van der Waals surface area contributed by atoms with Crippen LogP contribution in [0.1, 0.15) is 23.6 Å². The van der Waals surface area contributed by atoms with E-state index in [0.717, 1.165) is 36.6 Å². The first-order valence-electron chi connectivity index (χ1n) is 8.84. The second kappa shape index (κ2) is 8.61. The molecule has 1 aromatic carbocycles. The Balaban J connectivity index is 1.62. The van der Waals surface area contributed by atoms with Gasteiger partial charge in [-0.15, -0.1) is 10.2 Å². The Bertz CT molecular complexity index is 792. The zero-order valence-electron chi connectivity index (χ0n) is 16.2. The van der Waals surface area contributed by atoms with Gasteiger partial charge in [-0.05, 0) is 24.1 Å². The highest BCUT2D eigenvalue weighted by Gasteiger charge is 2.17. The molecule has 9 nitrogen and oxygen atoms in total. The molecule has 0 saturated carbocycles. The molecule has 1 aromatic heterocycles. The molecular formula is C18H26N6O3. The van der Waals surface area contributed by atoms with Gasteiger partial charge in [0.1, 0.15) is 5.82 Å². The van der Waals surface area contributed by atoms with E-state index in [1.807, 2.05) is 12.1 Å². The van der Waals surface area contributed by atoms with Crippen LogP contribution in [0.2, 0.25) is 0 Å². The number of ether oxygens (including phenoxy) is 3. The van der Waals surface area contributed by atoms with Gasteiger partial charge in [0.15, 0.2) is 23.3 Å². The van der Waals surface area contributed by atoms with Crippen LogP contribution in [-0.4, -0.2) is 49.1 Å². The highest BCUT2D eigenvalue weighted by atomic mass is 16.5. The highest BCUT2D eigenvalue weighted by molar-refractivity contribution is 5.79. The van der Waals surface area contributed by atoms with E-state index in [0.29, 0.717) is 36.3 Å². The van der Waals surface area contributed by atoms with Crippen molar-refractivity contribution in [3.05, 3.63) is 29.3 Å². The Morgan fingerprint density at radius 1 is 1.07 bits per heavy atom. The van der Waals surface area contributed by atoms with Crippen LogP contribution < -0.4 is 24.8 Å². The fraction of sp³-hybridized carbons (Fsp3) is 0.500. The fourth-order valence-corrected chi connectivity index (χ4v) is 3.15. The van der Waals surface area contributed by atoms with Gasteiger partial charge in [0.25, 0.3) is 0 Å². The molecule has 9 heteroatoms. The lowest BCUT2D eigenvalue weighted by atomic mass is 10.2. The number of aromatic nitrogens is 3. The minimum absolute atomic E-state index is 0.550. The number of guanidine groups is 1. The van der Waals surface area contributed by atoms with Crippen molar-refractivity contribution in [1.82, 2.24) is 25.4 Å². The molecule has 0 amide bonds. The summed E-state index contributed by atoms with van der Waals surface area (Å²) in [6, 6.07) is 3.82. The number of benzene rings is 1. The van der Waals surface area contributed by atoms with Gasteiger partial charge >= 0.3 is 0 Å². The number of methoxy groups -OCH3 is 3. The summed E-state index contributed by atoms with van der Waals surface area (Å²) in [5.41, 5.74) is 0.982. The van der Waals surface area contributed by atoms with Crippen molar-refractivity contribution in [3.8, 4) is 17.2 Å². The Kier molecular flexibility index (Phi) is 6.00. The van der Waals surface area contributed by atoms with Crippen molar-refractivity contribution < 1.29 is 14.2 Å². The maximum absolute atomic E-state index is 5.40. The van der Waals surface area contributed by atoms with Crippen molar-refractivity contribution in [3.63, 3.8) is 0 Å². The second-order valence-electron chi connectivity index (χ2n) is 6.10. The van der Waals surface area contributed by atoms with Gasteiger partial charge in [0.2, 0.25) is 5.75 Å². The molecule has 0 atom stereocenters. The maximum Gasteiger partial charge on any atom is 0.203 e. The van der Waals surface area contributed by atoms with Crippen LogP contribution in [0.25, 0.3) is 0 Å². The molecule has 0 saturated heterocycles. The fourth-order valence-electron chi connectivity index (χ4n) is 3.15. The summed E-state index contributed by atoms with van der Waals surface area (Å²) in [7, 11) is 6.53. The zero-order chi connectivity index (χ0) is 19.2. The predicted molar refractivity (Wildman–Crippen MR) is 101 cm³/mol. The third-order valence-corrected chi connectivity index (χ3v) is 4.51. The van der Waals surface area contributed by atoms with Crippen LogP contribution in [0.5, 0.6) is 17.2 Å². The number of nitrogens with one attached hydrogen (secondary N) is 2. The lowest BCUT2D eigenvalue weighted by molar-refractivity contribution is 0.323. The minimum atomic E-state index is 0.550. The van der Waals surface area contributed by atoms with Crippen LogP contribution in [0.3, 0.4) is 0 Å². The van der Waals surface area contributed by atoms with Crippen LogP contribution in [0.4, 0.5) is 0 Å². The largest absolute Gasteiger partial charge is 0.493 e. The molecule has 3 rings (SSSR count). The van der Waals surface area contributed by atoms with Gasteiger partial charge < -0.3 is 29.4 Å². The summed E-state index contributed by atoms with van der Waals surface area (Å²) in [6.07, 6.45) is 2.13. The SMILES string of the molecule is CN=C(NCc1cc(OC)c(OC)c(OC)c1)NCc1nnc2n1CCC2. The highest BCUT2D eigenvalue weighted by Crippen LogP contribution is 2.38. The van der Waals surface area contributed by atoms with Gasteiger partial charge in [-0.25, -0.2) is 0 Å². The molecule has 0 fully saturated rings. The zero-order valence-corrected chi connectivity index (χ0v) is 16.2. The molecule has 2 heterocycles. The molecule has 0 spiro atoms. The van der Waals surface area contributed by atoms with Crippen molar-refractivity contribution in [2.45, 2.75) is 32.5 Å². The minimum Gasteiger partial charge on any atom is -0.493 e. The van der Waals surface area contributed by atoms with E-state index in [4.69, 9.17) is 14.2 Å². The first kappa shape index (κ1) is 18.8. The molecule has 0 aliphatic carbocycles. The van der Waals surface area contributed by atoms with Crippen molar-refractivity contribution in [2.75, 3.05) is 28.4 Å². The summed E-state index contributed by atoms with van der Waals surface area (Å²) in [4.78, 5) is 4.26. The average Bonchev–Trinajstić information content (AvgIpc) is 3.31. The summed E-state index contributed by atoms with van der Waals surface area (Å²) in [6.45, 7) is 2.10. The Morgan fingerprint density at radius 2 is 1.78 bits per heavy atom. The number of hydrogen-bond acceptors (Lipinski definition) is 6. The Hall–Kier alpha value is -2.97. The molecule has 1 aliphatic heterocycles. The molecule has 27 heavy (non-hydrogen) atoms. The first-order chi connectivity index (χ1) is 13.2. The third-order valence-electron chi connectivity index (χ3n) is 4.51. The molecule has 1 aliphatic rings. The third kappa shape index (κ3) is 4.07. The second-order valence-corrected chi connectivity index (χ2v) is 6.10. The maximum atomic E-state index is 5.40. The number of aliphatic imine (C=N–C) groups is 1. The van der Waals surface area contributed by atoms with E-state index in [9.17, 15) is 0 Å². The molecule has 146 valence electrons. The Morgan fingerprint density at radius 3 is 2.41 bits per heavy atom. The monoisotopic (exact) mass is 374 g/mol. The van der Waals surface area contributed by atoms with E-state index >= 15 is 0 Å². The predicted octanol–water partition coefficient (Wildman–Crippen LogP) is 1.12. The van der Waals surface area contributed by atoms with E-state index in [1.165, 1.54) is 0 Å². The average molecular weight is 374 g/mol. The lowest BCUT2D eigenvalue weighted by Crippen LogP contribution is -2.37. The Labute approximate surface area is 158 Å². The molecule has 0 unspecified atom stereocenters. The van der Waals surface area contributed by atoms with Gasteiger partial charge in [0.05, 0.1) is 27.9 Å². The number of rotatable bonds is 7. The lowest BCUT2D eigenvalue weighted by Gasteiger charge is -2.16. The molecule has 2 aromatic rings. The van der Waals surface area contributed by atoms with Gasteiger partial charge in [-0.3, -0.25) is 4.99 Å². The smallest absolute Gasteiger partial charge is 0.203 e. The normalized spacial score (nSPS) is 13.3. The van der Waals surface area contributed by atoms with Crippen molar-refractivity contribution in [1.29, 1.82) is 0 Å². The number of nitrogens with zero attached hydrogens (tertiary/aromatic N) is 4. The van der Waals surface area contributed by atoms with E-state index in [1.54, 1.807) is 28.4 Å². The van der Waals surface area contributed by atoms with Crippen molar-refractivity contribution in [2.24, 2.45) is 4.99 Å². The van der Waals surface area contributed by atoms with E-state index < -0.39 is 0 Å². The number of fused-ring (bicyclic) bond motifs is 1. The standard InChI is InChI=1S/C18H26N6O3/c1-19-18(21-11-16-23-22-15-6-5-7-24(15)16)20-10-12-8-13(25-2)17(27-4)14(9-12)26-3/h8-9H,5-7,10-11H2,1-4H3,(H2,19,20,21). The van der Waals surface area contributed by atoms with Crippen LogP contribution in [0, 0.1) is 0 Å². The molecule has 0 bridgehead atoms. The number of aryl methyl sites for hydroxylation is 1. The van der Waals surface area contributed by atoms with Gasteiger partial charge in [-0.1, -0.05) is 0 Å². The summed E-state index contributed by atoms with van der Waals surface area (Å²) in [5.74, 6) is 4.49. The molecule has 2 N–H and O–H groups in total. The summed E-state index contributed by atoms with van der Waals surface area (Å²) in [5, 5.41) is 15.0. The van der Waals surface area contributed by atoms with Gasteiger partial charge in [0, 0.05) is 26.6 Å². The number of hydrogen-bond donors (Lipinski definition) is 2. The van der Waals surface area contributed by atoms with Crippen LogP contribution in [0.15, 0.2) is 17.1 Å². The molecular weight excluding hydrogens is 348 g/mol. The quantitative estimate of drug-likeness (QED) is 0.554. The molecule has 0 radical (unpaired) electrons.